The first-order valence-corrected chi connectivity index (χ1v) is 7.81. The van der Waals surface area contributed by atoms with Crippen molar-refractivity contribution >= 4 is 27.3 Å². The quantitative estimate of drug-likeness (QED) is 0.847. The molecule has 0 aromatic carbocycles. The molecule has 1 aromatic heterocycles. The normalized spacial score (nSPS) is 21.9. The molecule has 3 N–H and O–H groups in total. The van der Waals surface area contributed by atoms with E-state index >= 15 is 0 Å². The summed E-state index contributed by atoms with van der Waals surface area (Å²) in [6.45, 7) is 0.735. The third kappa shape index (κ3) is 2.56. The second kappa shape index (κ2) is 4.96. The lowest BCUT2D eigenvalue weighted by Crippen LogP contribution is -2.45. The van der Waals surface area contributed by atoms with E-state index in [1.54, 1.807) is 0 Å². The van der Waals surface area contributed by atoms with Crippen LogP contribution in [-0.4, -0.2) is 42.9 Å². The van der Waals surface area contributed by atoms with Crippen LogP contribution in [0.5, 0.6) is 0 Å². The molecular formula is C10H14N2O4S2. The molecule has 6 nitrogen and oxygen atoms in total. The topological polar surface area (TPSA) is 101 Å². The average Bonchev–Trinajstić information content (AvgIpc) is 2.79. The lowest BCUT2D eigenvalue weighted by molar-refractivity contribution is 0.0697. The standard InChI is InChI=1S/C10H14N2O4S2/c11-8-2-1-3-12(5-8)18(15,16)9-4-7(6-17-9)10(13)14/h4,6,8H,1-3,5,11H2,(H,13,14). The Hall–Kier alpha value is -0.960. The van der Waals surface area contributed by atoms with Gasteiger partial charge in [0, 0.05) is 24.5 Å². The predicted molar refractivity (Wildman–Crippen MR) is 67.2 cm³/mol. The first-order valence-electron chi connectivity index (χ1n) is 5.49. The molecule has 1 atom stereocenters. The van der Waals surface area contributed by atoms with Crippen molar-refractivity contribution < 1.29 is 18.3 Å². The zero-order chi connectivity index (χ0) is 13.3. The van der Waals surface area contributed by atoms with E-state index in [0.29, 0.717) is 13.1 Å². The average molecular weight is 290 g/mol. The Morgan fingerprint density at radius 2 is 2.28 bits per heavy atom. The highest BCUT2D eigenvalue weighted by atomic mass is 32.2. The molecule has 1 saturated heterocycles. The summed E-state index contributed by atoms with van der Waals surface area (Å²) in [6.07, 6.45) is 1.55. The molecule has 100 valence electrons. The number of rotatable bonds is 3. The first kappa shape index (κ1) is 13.5. The minimum Gasteiger partial charge on any atom is -0.478 e. The number of nitrogens with two attached hydrogens (primary N) is 1. The van der Waals surface area contributed by atoms with Gasteiger partial charge in [0.25, 0.3) is 10.0 Å². The van der Waals surface area contributed by atoms with Crippen molar-refractivity contribution in [2.75, 3.05) is 13.1 Å². The lowest BCUT2D eigenvalue weighted by Gasteiger charge is -2.29. The Balaban J connectivity index is 2.26. The number of piperidine rings is 1. The summed E-state index contributed by atoms with van der Waals surface area (Å²) < 4.78 is 25.9. The summed E-state index contributed by atoms with van der Waals surface area (Å²) in [6, 6.07) is 1.05. The molecule has 0 saturated carbocycles. The summed E-state index contributed by atoms with van der Waals surface area (Å²) in [5.74, 6) is -1.12. The van der Waals surface area contributed by atoms with Gasteiger partial charge in [0.15, 0.2) is 0 Å². The predicted octanol–water partition coefficient (Wildman–Crippen LogP) is 0.558. The monoisotopic (exact) mass is 290 g/mol. The SMILES string of the molecule is NC1CCCN(S(=O)(=O)c2cc(C(=O)O)cs2)C1. The van der Waals surface area contributed by atoms with Gasteiger partial charge in [-0.3, -0.25) is 0 Å². The Kier molecular flexibility index (Phi) is 3.71. The molecule has 0 amide bonds. The minimum absolute atomic E-state index is 0.000108. The van der Waals surface area contributed by atoms with Crippen molar-refractivity contribution in [1.29, 1.82) is 0 Å². The van der Waals surface area contributed by atoms with E-state index in [2.05, 4.69) is 0 Å². The molecule has 1 aromatic rings. The van der Waals surface area contributed by atoms with Crippen LogP contribution in [-0.2, 0) is 10.0 Å². The maximum atomic E-state index is 12.3. The highest BCUT2D eigenvalue weighted by Crippen LogP contribution is 2.26. The van der Waals surface area contributed by atoms with Crippen molar-refractivity contribution in [3.05, 3.63) is 17.0 Å². The Labute approximate surface area is 109 Å². The van der Waals surface area contributed by atoms with Gasteiger partial charge in [0.05, 0.1) is 5.56 Å². The fraction of sp³-hybridized carbons (Fsp3) is 0.500. The van der Waals surface area contributed by atoms with Crippen LogP contribution >= 0.6 is 11.3 Å². The number of carbonyl (C=O) groups is 1. The molecule has 18 heavy (non-hydrogen) atoms. The zero-order valence-electron chi connectivity index (χ0n) is 9.57. The van der Waals surface area contributed by atoms with Crippen molar-refractivity contribution in [3.63, 3.8) is 0 Å². The second-order valence-corrected chi connectivity index (χ2v) is 7.30. The van der Waals surface area contributed by atoms with E-state index in [9.17, 15) is 13.2 Å². The van der Waals surface area contributed by atoms with Crippen LogP contribution in [0.15, 0.2) is 15.7 Å². The number of sulfonamides is 1. The Morgan fingerprint density at radius 3 is 2.83 bits per heavy atom. The molecule has 0 aliphatic carbocycles. The Morgan fingerprint density at radius 1 is 1.56 bits per heavy atom. The number of hydrogen-bond acceptors (Lipinski definition) is 5. The van der Waals surface area contributed by atoms with Crippen molar-refractivity contribution in [1.82, 2.24) is 4.31 Å². The van der Waals surface area contributed by atoms with Gasteiger partial charge in [-0.25, -0.2) is 13.2 Å². The molecule has 0 spiro atoms. The van der Waals surface area contributed by atoms with Gasteiger partial charge >= 0.3 is 5.97 Å². The van der Waals surface area contributed by atoms with Gasteiger partial charge in [0.2, 0.25) is 0 Å². The summed E-state index contributed by atoms with van der Waals surface area (Å²) in [7, 11) is -3.60. The van der Waals surface area contributed by atoms with Gasteiger partial charge in [-0.1, -0.05) is 0 Å². The fourth-order valence-corrected chi connectivity index (χ4v) is 4.73. The maximum Gasteiger partial charge on any atom is 0.336 e. The van der Waals surface area contributed by atoms with Crippen LogP contribution in [0.2, 0.25) is 0 Å². The van der Waals surface area contributed by atoms with E-state index in [1.165, 1.54) is 15.8 Å². The molecule has 2 heterocycles. The number of carboxylic acid groups (broad SMARTS) is 1. The van der Waals surface area contributed by atoms with Gasteiger partial charge in [-0.2, -0.15) is 4.31 Å². The summed E-state index contributed by atoms with van der Waals surface area (Å²) >= 11 is 0.928. The van der Waals surface area contributed by atoms with Gasteiger partial charge in [0.1, 0.15) is 4.21 Å². The zero-order valence-corrected chi connectivity index (χ0v) is 11.2. The number of carboxylic acids is 1. The van der Waals surface area contributed by atoms with E-state index in [4.69, 9.17) is 10.8 Å². The van der Waals surface area contributed by atoms with Crippen molar-refractivity contribution in [2.24, 2.45) is 5.73 Å². The Bertz CT molecular complexity index is 552. The van der Waals surface area contributed by atoms with Gasteiger partial charge in [-0.05, 0) is 18.9 Å². The maximum absolute atomic E-state index is 12.3. The van der Waals surface area contributed by atoms with Crippen LogP contribution in [0.3, 0.4) is 0 Å². The largest absolute Gasteiger partial charge is 0.478 e. The molecule has 1 fully saturated rings. The lowest BCUT2D eigenvalue weighted by atomic mass is 10.1. The third-order valence-electron chi connectivity index (χ3n) is 2.84. The molecular weight excluding hydrogens is 276 g/mol. The van der Waals surface area contributed by atoms with Crippen LogP contribution in [0.1, 0.15) is 23.2 Å². The first-order chi connectivity index (χ1) is 8.41. The van der Waals surface area contributed by atoms with Crippen LogP contribution < -0.4 is 5.73 Å². The number of hydrogen-bond donors (Lipinski definition) is 2. The van der Waals surface area contributed by atoms with Gasteiger partial charge < -0.3 is 10.8 Å². The van der Waals surface area contributed by atoms with Crippen molar-refractivity contribution in [3.8, 4) is 0 Å². The number of aromatic carboxylic acids is 1. The van der Waals surface area contributed by atoms with Crippen LogP contribution in [0.4, 0.5) is 0 Å². The second-order valence-electron chi connectivity index (χ2n) is 4.22. The van der Waals surface area contributed by atoms with Crippen LogP contribution in [0.25, 0.3) is 0 Å². The smallest absolute Gasteiger partial charge is 0.336 e. The summed E-state index contributed by atoms with van der Waals surface area (Å²) in [5.41, 5.74) is 5.76. The molecule has 1 aliphatic rings. The highest BCUT2D eigenvalue weighted by molar-refractivity contribution is 7.91. The highest BCUT2D eigenvalue weighted by Gasteiger charge is 2.30. The molecule has 8 heteroatoms. The third-order valence-corrected chi connectivity index (χ3v) is 6.12. The number of nitrogens with zero attached hydrogens (tertiary/aromatic N) is 1. The number of thiophene rings is 1. The van der Waals surface area contributed by atoms with E-state index in [1.807, 2.05) is 0 Å². The van der Waals surface area contributed by atoms with Gasteiger partial charge in [-0.15, -0.1) is 11.3 Å². The molecule has 2 rings (SSSR count). The summed E-state index contributed by atoms with van der Waals surface area (Å²) in [5, 5.41) is 10.1. The summed E-state index contributed by atoms with van der Waals surface area (Å²) in [4.78, 5) is 10.7. The molecule has 0 bridgehead atoms. The molecule has 1 unspecified atom stereocenters. The molecule has 0 radical (unpaired) electrons. The van der Waals surface area contributed by atoms with E-state index < -0.39 is 16.0 Å². The van der Waals surface area contributed by atoms with E-state index in [-0.39, 0.29) is 15.8 Å². The van der Waals surface area contributed by atoms with E-state index in [0.717, 1.165) is 24.2 Å². The fourth-order valence-electron chi connectivity index (χ4n) is 1.88. The molecule has 1 aliphatic heterocycles. The minimum atomic E-state index is -3.60. The van der Waals surface area contributed by atoms with Crippen LogP contribution in [0, 0.1) is 0 Å². The van der Waals surface area contributed by atoms with Crippen molar-refractivity contribution in [2.45, 2.75) is 23.1 Å².